The topological polar surface area (TPSA) is 52.6 Å². The van der Waals surface area contributed by atoms with Crippen LogP contribution in [0.1, 0.15) is 79.6 Å². The van der Waals surface area contributed by atoms with E-state index in [0.717, 1.165) is 25.7 Å². The molecule has 0 amide bonds. The molecule has 0 bridgehead atoms. The molecule has 0 spiro atoms. The molecule has 124 valence electrons. The number of carbonyl (C=O) groups is 2. The minimum atomic E-state index is -0.231. The molecule has 0 aromatic heterocycles. The Kier molecular flexibility index (Phi) is 10.1. The largest absolute Gasteiger partial charge is 0.466 e. The number of hydrogen-bond acceptors (Lipinski definition) is 4. The molecule has 0 aromatic rings. The maximum Gasteiger partial charge on any atom is 0.306 e. The Bertz CT molecular complexity index is 304. The third-order valence-corrected chi connectivity index (χ3v) is 3.01. The second kappa shape index (κ2) is 10.6. The number of rotatable bonds is 10. The van der Waals surface area contributed by atoms with Gasteiger partial charge in [0.2, 0.25) is 0 Å². The maximum absolute atomic E-state index is 11.6. The third kappa shape index (κ3) is 13.7. The van der Waals surface area contributed by atoms with E-state index in [1.165, 1.54) is 0 Å². The van der Waals surface area contributed by atoms with Gasteiger partial charge in [0.25, 0.3) is 0 Å². The van der Waals surface area contributed by atoms with Crippen molar-refractivity contribution in [1.29, 1.82) is 0 Å². The molecule has 0 radical (unpaired) electrons. The quantitative estimate of drug-likeness (QED) is 0.447. The molecule has 0 aliphatic heterocycles. The van der Waals surface area contributed by atoms with E-state index < -0.39 is 0 Å². The number of carbonyl (C=O) groups excluding carboxylic acids is 2. The predicted molar refractivity (Wildman–Crippen MR) is 84.0 cm³/mol. The summed E-state index contributed by atoms with van der Waals surface area (Å²) in [5.41, 5.74) is 0.141. The van der Waals surface area contributed by atoms with Gasteiger partial charge < -0.3 is 9.47 Å². The molecule has 0 fully saturated rings. The molecule has 0 N–H and O–H groups in total. The van der Waals surface area contributed by atoms with Gasteiger partial charge in [-0.1, -0.05) is 40.5 Å². The van der Waals surface area contributed by atoms with Crippen molar-refractivity contribution in [3.8, 4) is 0 Å². The highest BCUT2D eigenvalue weighted by Crippen LogP contribution is 2.22. The molecule has 1 atom stereocenters. The van der Waals surface area contributed by atoms with E-state index in [2.05, 4.69) is 27.7 Å². The van der Waals surface area contributed by atoms with Crippen LogP contribution >= 0.6 is 0 Å². The van der Waals surface area contributed by atoms with Crippen molar-refractivity contribution in [2.24, 2.45) is 5.41 Å². The number of hydrogen-bond donors (Lipinski definition) is 0. The van der Waals surface area contributed by atoms with Crippen LogP contribution in [0.25, 0.3) is 0 Å². The van der Waals surface area contributed by atoms with Gasteiger partial charge in [-0.15, -0.1) is 0 Å². The summed E-state index contributed by atoms with van der Waals surface area (Å²) >= 11 is 0. The van der Waals surface area contributed by atoms with Crippen molar-refractivity contribution in [3.05, 3.63) is 0 Å². The van der Waals surface area contributed by atoms with Crippen molar-refractivity contribution in [1.82, 2.24) is 0 Å². The van der Waals surface area contributed by atoms with Gasteiger partial charge >= 0.3 is 11.9 Å². The second-order valence-corrected chi connectivity index (χ2v) is 6.85. The van der Waals surface area contributed by atoms with Crippen LogP contribution in [0.4, 0.5) is 0 Å². The fraction of sp³-hybridized carbons (Fsp3) is 0.882. The van der Waals surface area contributed by atoms with E-state index in [0.29, 0.717) is 13.0 Å². The fourth-order valence-corrected chi connectivity index (χ4v) is 2.17. The Balaban J connectivity index is 3.67. The van der Waals surface area contributed by atoms with E-state index in [-0.39, 0.29) is 36.3 Å². The highest BCUT2D eigenvalue weighted by atomic mass is 16.5. The molecular weight excluding hydrogens is 268 g/mol. The molecule has 0 aliphatic carbocycles. The molecule has 0 saturated heterocycles. The van der Waals surface area contributed by atoms with Gasteiger partial charge in [-0.05, 0) is 31.6 Å². The molecule has 1 unspecified atom stereocenters. The number of unbranched alkanes of at least 4 members (excludes halogenated alkanes) is 2. The first-order chi connectivity index (χ1) is 9.74. The zero-order valence-electron chi connectivity index (χ0n) is 14.4. The van der Waals surface area contributed by atoms with Crippen LogP contribution in [0.5, 0.6) is 0 Å². The van der Waals surface area contributed by atoms with Crippen LogP contribution in [0.15, 0.2) is 0 Å². The summed E-state index contributed by atoms with van der Waals surface area (Å²) in [6.07, 6.45) is 4.90. The zero-order chi connectivity index (χ0) is 16.3. The van der Waals surface area contributed by atoms with Gasteiger partial charge in [-0.25, -0.2) is 0 Å². The van der Waals surface area contributed by atoms with Crippen LogP contribution in [0.2, 0.25) is 0 Å². The number of esters is 2. The lowest BCUT2D eigenvalue weighted by Crippen LogP contribution is -2.21. The standard InChI is InChI=1S/C17H32O4/c1-6-7-8-12-20-15(18)10-9-11-16(19)21-14(2)13-17(3,4)5/h14H,6-13H2,1-5H3. The van der Waals surface area contributed by atoms with E-state index in [1.54, 1.807) is 0 Å². The molecule has 0 heterocycles. The highest BCUT2D eigenvalue weighted by molar-refractivity contribution is 5.72. The van der Waals surface area contributed by atoms with E-state index in [9.17, 15) is 9.59 Å². The molecule has 0 aliphatic rings. The number of ether oxygens (including phenoxy) is 2. The SMILES string of the molecule is CCCCCOC(=O)CCCC(=O)OC(C)CC(C)(C)C. The van der Waals surface area contributed by atoms with E-state index in [1.807, 2.05) is 6.92 Å². The van der Waals surface area contributed by atoms with E-state index >= 15 is 0 Å². The molecule has 0 saturated carbocycles. The van der Waals surface area contributed by atoms with Gasteiger partial charge in [0.1, 0.15) is 0 Å². The zero-order valence-corrected chi connectivity index (χ0v) is 14.4. The van der Waals surface area contributed by atoms with Crippen LogP contribution in [0, 0.1) is 5.41 Å². The third-order valence-electron chi connectivity index (χ3n) is 3.01. The minimum Gasteiger partial charge on any atom is -0.466 e. The molecule has 0 rings (SSSR count). The van der Waals surface area contributed by atoms with Crippen molar-refractivity contribution >= 4 is 11.9 Å². The van der Waals surface area contributed by atoms with Crippen molar-refractivity contribution < 1.29 is 19.1 Å². The summed E-state index contributed by atoms with van der Waals surface area (Å²) in [6.45, 7) is 10.8. The highest BCUT2D eigenvalue weighted by Gasteiger charge is 2.18. The first-order valence-corrected chi connectivity index (χ1v) is 8.09. The summed E-state index contributed by atoms with van der Waals surface area (Å²) in [7, 11) is 0. The van der Waals surface area contributed by atoms with Crippen LogP contribution < -0.4 is 0 Å². The Labute approximate surface area is 129 Å². The molecule has 21 heavy (non-hydrogen) atoms. The van der Waals surface area contributed by atoms with Gasteiger partial charge in [0, 0.05) is 12.8 Å². The summed E-state index contributed by atoms with van der Waals surface area (Å²) in [5, 5.41) is 0. The van der Waals surface area contributed by atoms with Gasteiger partial charge in [-0.3, -0.25) is 9.59 Å². The Morgan fingerprint density at radius 1 is 1.00 bits per heavy atom. The monoisotopic (exact) mass is 300 g/mol. The van der Waals surface area contributed by atoms with Crippen molar-refractivity contribution in [3.63, 3.8) is 0 Å². The van der Waals surface area contributed by atoms with Crippen LogP contribution in [-0.2, 0) is 19.1 Å². The summed E-state index contributed by atoms with van der Waals surface area (Å²) in [4.78, 5) is 23.1. The average molecular weight is 300 g/mol. The molecule has 4 heteroatoms. The summed E-state index contributed by atoms with van der Waals surface area (Å²) in [6, 6.07) is 0. The Hall–Kier alpha value is -1.06. The second-order valence-electron chi connectivity index (χ2n) is 6.85. The molecular formula is C17H32O4. The van der Waals surface area contributed by atoms with E-state index in [4.69, 9.17) is 9.47 Å². The molecule has 0 aromatic carbocycles. The van der Waals surface area contributed by atoms with Crippen molar-refractivity contribution in [2.45, 2.75) is 85.7 Å². The minimum absolute atomic E-state index is 0.0847. The fourth-order valence-electron chi connectivity index (χ4n) is 2.17. The smallest absolute Gasteiger partial charge is 0.306 e. The lowest BCUT2D eigenvalue weighted by Gasteiger charge is -2.23. The van der Waals surface area contributed by atoms with Gasteiger partial charge in [-0.2, -0.15) is 0 Å². The first-order valence-electron chi connectivity index (χ1n) is 8.09. The lowest BCUT2D eigenvalue weighted by atomic mass is 9.90. The first kappa shape index (κ1) is 19.9. The lowest BCUT2D eigenvalue weighted by molar-refractivity contribution is -0.149. The van der Waals surface area contributed by atoms with Gasteiger partial charge in [0.05, 0.1) is 12.7 Å². The van der Waals surface area contributed by atoms with Gasteiger partial charge in [0.15, 0.2) is 0 Å². The molecule has 4 nitrogen and oxygen atoms in total. The Morgan fingerprint density at radius 3 is 2.19 bits per heavy atom. The predicted octanol–water partition coefficient (Wildman–Crippen LogP) is 4.26. The van der Waals surface area contributed by atoms with Crippen molar-refractivity contribution in [2.75, 3.05) is 6.61 Å². The average Bonchev–Trinajstić information content (AvgIpc) is 2.32. The normalized spacial score (nSPS) is 12.8. The maximum atomic E-state index is 11.6. The van der Waals surface area contributed by atoms with Crippen LogP contribution in [-0.4, -0.2) is 24.6 Å². The Morgan fingerprint density at radius 2 is 1.62 bits per heavy atom. The summed E-state index contributed by atoms with van der Waals surface area (Å²) < 4.78 is 10.4. The van der Waals surface area contributed by atoms with Crippen LogP contribution in [0.3, 0.4) is 0 Å². The summed E-state index contributed by atoms with van der Waals surface area (Å²) in [5.74, 6) is -0.452.